The third kappa shape index (κ3) is 1.96. The monoisotopic (exact) mass is 302 g/mol. The van der Waals surface area contributed by atoms with Crippen LogP contribution in [0.25, 0.3) is 11.1 Å². The van der Waals surface area contributed by atoms with Crippen LogP contribution >= 0.6 is 0 Å². The van der Waals surface area contributed by atoms with E-state index in [-0.39, 0.29) is 5.41 Å². The number of fused-ring (bicyclic) bond motifs is 4. The maximum Gasteiger partial charge on any atom is 0.175 e. The Morgan fingerprint density at radius 3 is 2.70 bits per heavy atom. The first kappa shape index (κ1) is 14.4. The number of allylic oxidation sites excluding steroid dienone is 1. The van der Waals surface area contributed by atoms with Crippen LogP contribution in [0.1, 0.15) is 49.1 Å². The Labute approximate surface area is 139 Å². The molecule has 2 aliphatic rings. The summed E-state index contributed by atoms with van der Waals surface area (Å²) in [5.74, 6) is 0. The van der Waals surface area contributed by atoms with Gasteiger partial charge in [-0.1, -0.05) is 50.8 Å². The number of rotatable bonds is 1. The molecule has 0 aromatic heterocycles. The molecule has 2 aromatic carbocycles. The van der Waals surface area contributed by atoms with Crippen LogP contribution in [-0.4, -0.2) is 17.3 Å². The van der Waals surface area contributed by atoms with Gasteiger partial charge >= 0.3 is 0 Å². The minimum Gasteiger partial charge on any atom is -0.229 e. The highest BCUT2D eigenvalue weighted by Gasteiger charge is 2.37. The van der Waals surface area contributed by atoms with E-state index >= 15 is 0 Å². The van der Waals surface area contributed by atoms with Crippen molar-refractivity contribution in [3.8, 4) is 11.1 Å². The maximum atomic E-state index is 3.85. The molecule has 1 heteroatoms. The molecule has 2 aromatic rings. The van der Waals surface area contributed by atoms with Crippen LogP contribution in [0.15, 0.2) is 49.1 Å². The molecule has 0 radical (unpaired) electrons. The van der Waals surface area contributed by atoms with Crippen molar-refractivity contribution in [3.63, 3.8) is 0 Å². The molecule has 1 nitrogen and oxygen atoms in total. The number of hydrogen-bond donors (Lipinski definition) is 0. The van der Waals surface area contributed by atoms with Gasteiger partial charge in [0, 0.05) is 24.3 Å². The quantitative estimate of drug-likeness (QED) is 0.661. The first-order valence-corrected chi connectivity index (χ1v) is 8.53. The van der Waals surface area contributed by atoms with Gasteiger partial charge in [0.25, 0.3) is 0 Å². The minimum atomic E-state index is 0.106. The summed E-state index contributed by atoms with van der Waals surface area (Å²) in [5, 5.41) is 0. The van der Waals surface area contributed by atoms with Crippen molar-refractivity contribution in [3.05, 3.63) is 71.3 Å². The summed E-state index contributed by atoms with van der Waals surface area (Å²) >= 11 is 0. The lowest BCUT2D eigenvalue weighted by atomic mass is 9.80. The van der Waals surface area contributed by atoms with Gasteiger partial charge in [-0.3, -0.25) is 0 Å². The summed E-state index contributed by atoms with van der Waals surface area (Å²) in [4.78, 5) is 0. The van der Waals surface area contributed by atoms with Crippen LogP contribution in [-0.2, 0) is 11.8 Å². The van der Waals surface area contributed by atoms with Crippen molar-refractivity contribution < 1.29 is 4.58 Å². The predicted molar refractivity (Wildman–Crippen MR) is 97.5 cm³/mol. The Morgan fingerprint density at radius 2 is 1.91 bits per heavy atom. The van der Waals surface area contributed by atoms with Crippen LogP contribution in [0.4, 0.5) is 0 Å². The van der Waals surface area contributed by atoms with Crippen molar-refractivity contribution in [2.45, 2.75) is 38.6 Å². The fraction of sp³-hybridized carbons (Fsp3) is 0.318. The molecular weight excluding hydrogens is 278 g/mol. The van der Waals surface area contributed by atoms with E-state index in [0.717, 1.165) is 13.0 Å². The second kappa shape index (κ2) is 4.92. The molecule has 0 saturated carbocycles. The standard InChI is InChI=1S/C22H24N/c1-5-11-23-12-10-16-13-21-19(14-18(16)15(23)2)17-8-6-7-9-20(17)22(21,3)4/h5-9,11,13-15H,1,10,12H2,2-4H3/q+1. The molecule has 1 aliphatic heterocycles. The summed E-state index contributed by atoms with van der Waals surface area (Å²) in [6.07, 6.45) is 5.13. The van der Waals surface area contributed by atoms with Gasteiger partial charge in [-0.25, -0.2) is 4.58 Å². The Balaban J connectivity index is 1.94. The van der Waals surface area contributed by atoms with Gasteiger partial charge < -0.3 is 0 Å². The second-order valence-electron chi connectivity index (χ2n) is 7.32. The van der Waals surface area contributed by atoms with Gasteiger partial charge in [-0.2, -0.15) is 0 Å². The summed E-state index contributed by atoms with van der Waals surface area (Å²) < 4.78 is 2.40. The fourth-order valence-electron chi connectivity index (χ4n) is 4.38. The zero-order valence-corrected chi connectivity index (χ0v) is 14.3. The molecule has 1 unspecified atom stereocenters. The zero-order valence-electron chi connectivity index (χ0n) is 14.3. The molecule has 0 amide bonds. The smallest absolute Gasteiger partial charge is 0.175 e. The van der Waals surface area contributed by atoms with E-state index in [2.05, 4.69) is 74.5 Å². The fourth-order valence-corrected chi connectivity index (χ4v) is 4.38. The molecule has 0 fully saturated rings. The number of benzene rings is 2. The molecule has 4 rings (SSSR count). The largest absolute Gasteiger partial charge is 0.229 e. The number of nitrogens with zero attached hydrogens (tertiary/aromatic N) is 1. The van der Waals surface area contributed by atoms with Gasteiger partial charge in [0.1, 0.15) is 6.54 Å². The van der Waals surface area contributed by atoms with E-state index in [1.54, 1.807) is 0 Å². The van der Waals surface area contributed by atoms with Gasteiger partial charge in [-0.15, -0.1) is 0 Å². The van der Waals surface area contributed by atoms with E-state index in [1.807, 2.05) is 6.08 Å². The second-order valence-corrected chi connectivity index (χ2v) is 7.32. The molecule has 0 saturated heterocycles. The minimum absolute atomic E-state index is 0.106. The summed E-state index contributed by atoms with van der Waals surface area (Å²) in [5.41, 5.74) is 8.88. The maximum absolute atomic E-state index is 3.85. The van der Waals surface area contributed by atoms with Crippen LogP contribution < -0.4 is 0 Å². The van der Waals surface area contributed by atoms with E-state index < -0.39 is 0 Å². The number of hydrogen-bond acceptors (Lipinski definition) is 0. The lowest BCUT2D eigenvalue weighted by Crippen LogP contribution is -2.27. The summed E-state index contributed by atoms with van der Waals surface area (Å²) in [6.45, 7) is 11.9. The van der Waals surface area contributed by atoms with Gasteiger partial charge in [0.2, 0.25) is 0 Å². The zero-order chi connectivity index (χ0) is 16.2. The summed E-state index contributed by atoms with van der Waals surface area (Å²) in [7, 11) is 0. The first-order valence-electron chi connectivity index (χ1n) is 8.53. The van der Waals surface area contributed by atoms with Crippen LogP contribution in [0.2, 0.25) is 0 Å². The molecule has 1 heterocycles. The third-order valence-electron chi connectivity index (χ3n) is 5.73. The highest BCUT2D eigenvalue weighted by atomic mass is 15.0. The lowest BCUT2D eigenvalue weighted by Gasteiger charge is -2.26. The lowest BCUT2D eigenvalue weighted by molar-refractivity contribution is -0.567. The van der Waals surface area contributed by atoms with Crippen molar-refractivity contribution in [2.75, 3.05) is 6.54 Å². The van der Waals surface area contributed by atoms with Crippen molar-refractivity contribution in [1.82, 2.24) is 0 Å². The van der Waals surface area contributed by atoms with Crippen LogP contribution in [0, 0.1) is 0 Å². The highest BCUT2D eigenvalue weighted by Crippen LogP contribution is 2.50. The van der Waals surface area contributed by atoms with Crippen LogP contribution in [0.5, 0.6) is 0 Å². The molecular formula is C22H24N+. The van der Waals surface area contributed by atoms with E-state index in [0.29, 0.717) is 6.04 Å². The van der Waals surface area contributed by atoms with Gasteiger partial charge in [0.15, 0.2) is 12.3 Å². The average Bonchev–Trinajstić information content (AvgIpc) is 2.78. The van der Waals surface area contributed by atoms with Crippen molar-refractivity contribution in [1.29, 1.82) is 0 Å². The topological polar surface area (TPSA) is 3.01 Å². The van der Waals surface area contributed by atoms with E-state index in [9.17, 15) is 0 Å². The predicted octanol–water partition coefficient (Wildman–Crippen LogP) is 4.88. The Kier molecular flexibility index (Phi) is 3.09. The normalized spacial score (nSPS) is 22.4. The molecule has 1 aliphatic carbocycles. The first-order chi connectivity index (χ1) is 11.0. The Hall–Kier alpha value is -2.15. The van der Waals surface area contributed by atoms with E-state index in [1.165, 1.54) is 33.4 Å². The molecule has 1 atom stereocenters. The highest BCUT2D eigenvalue weighted by molar-refractivity contribution is 5.81. The molecule has 0 spiro atoms. The van der Waals surface area contributed by atoms with Gasteiger partial charge in [-0.05, 0) is 40.0 Å². The molecule has 23 heavy (non-hydrogen) atoms. The summed E-state index contributed by atoms with van der Waals surface area (Å²) in [6, 6.07) is 14.2. The van der Waals surface area contributed by atoms with E-state index in [4.69, 9.17) is 0 Å². The molecule has 0 bridgehead atoms. The molecule has 116 valence electrons. The molecule has 0 N–H and O–H groups in total. The Bertz CT molecular complexity index is 839. The van der Waals surface area contributed by atoms with Crippen molar-refractivity contribution >= 4 is 6.21 Å². The van der Waals surface area contributed by atoms with Gasteiger partial charge in [0.05, 0.1) is 0 Å². The van der Waals surface area contributed by atoms with Crippen molar-refractivity contribution in [2.24, 2.45) is 0 Å². The van der Waals surface area contributed by atoms with Crippen LogP contribution in [0.3, 0.4) is 0 Å². The SMILES string of the molecule is C=CC=[N+]1CCc2cc3c(cc2C1C)-c1ccccc1C3(C)C. The Morgan fingerprint density at radius 1 is 1.13 bits per heavy atom. The average molecular weight is 302 g/mol. The third-order valence-corrected chi connectivity index (χ3v) is 5.73.